The van der Waals surface area contributed by atoms with Gasteiger partial charge in [0, 0.05) is 49.6 Å². The van der Waals surface area contributed by atoms with E-state index in [9.17, 15) is 0 Å². The zero-order chi connectivity index (χ0) is 42.8. The van der Waals surface area contributed by atoms with Crippen LogP contribution in [0.1, 0.15) is 0 Å². The zero-order valence-electron chi connectivity index (χ0n) is 35.4. The number of nitrogens with zero attached hydrogens (tertiary/aromatic N) is 2. The van der Waals surface area contributed by atoms with Gasteiger partial charge in [-0.25, -0.2) is 0 Å². The van der Waals surface area contributed by atoms with Gasteiger partial charge in [-0.05, 0) is 98.9 Å². The Morgan fingerprint density at radius 1 is 0.323 bits per heavy atom. The van der Waals surface area contributed by atoms with Crippen molar-refractivity contribution in [3.05, 3.63) is 243 Å². The third-order valence-electron chi connectivity index (χ3n) is 13.2. The largest absolute Gasteiger partial charge is 0.455 e. The number of anilines is 3. The fourth-order valence-electron chi connectivity index (χ4n) is 10.2. The van der Waals surface area contributed by atoms with Gasteiger partial charge in [-0.2, -0.15) is 0 Å². The molecule has 13 aromatic rings. The summed E-state index contributed by atoms with van der Waals surface area (Å²) in [6.07, 6.45) is 0. The summed E-state index contributed by atoms with van der Waals surface area (Å²) < 4.78 is 9.05. The highest BCUT2D eigenvalue weighted by molar-refractivity contribution is 6.12. The number of hydrogen-bond donors (Lipinski definition) is 0. The molecule has 13 rings (SSSR count). The van der Waals surface area contributed by atoms with Crippen molar-refractivity contribution in [3.63, 3.8) is 0 Å². The summed E-state index contributed by atoms with van der Waals surface area (Å²) >= 11 is 0. The van der Waals surface area contributed by atoms with Crippen molar-refractivity contribution >= 4 is 82.4 Å². The highest BCUT2D eigenvalue weighted by atomic mass is 16.3. The molecule has 304 valence electrons. The van der Waals surface area contributed by atoms with Gasteiger partial charge >= 0.3 is 0 Å². The fourth-order valence-corrected chi connectivity index (χ4v) is 10.2. The molecule has 0 saturated carbocycles. The van der Waals surface area contributed by atoms with Crippen LogP contribution >= 0.6 is 0 Å². The Bertz CT molecular complexity index is 3910. The Kier molecular flexibility index (Phi) is 8.53. The molecule has 0 N–H and O–H groups in total. The van der Waals surface area contributed by atoms with Gasteiger partial charge in [0.05, 0.1) is 22.4 Å². The second-order valence-electron chi connectivity index (χ2n) is 16.8. The van der Waals surface area contributed by atoms with E-state index in [4.69, 9.17) is 4.42 Å². The summed E-state index contributed by atoms with van der Waals surface area (Å²) in [7, 11) is 0. The van der Waals surface area contributed by atoms with E-state index in [-0.39, 0.29) is 0 Å². The standard InChI is InChI=1S/C62H40N2O/c1-2-18-48-42(15-1)31-32-45-40-47(37-38-49(45)48)63(58-27-9-6-22-53(58)55-24-14-25-56-54-23-7-12-30-61(54)65-62(55)56)46-35-33-41(34-36-46)43-16-13-17-44(39-43)50-19-3-8-26-57(50)64-59-28-10-4-20-51(59)52-21-5-11-29-60(52)64/h1-40H. The molecule has 0 atom stereocenters. The van der Waals surface area contributed by atoms with Gasteiger partial charge in [0.25, 0.3) is 0 Å². The first-order valence-corrected chi connectivity index (χ1v) is 22.2. The molecule has 0 fully saturated rings. The predicted octanol–water partition coefficient (Wildman–Crippen LogP) is 17.5. The Labute approximate surface area is 376 Å². The van der Waals surface area contributed by atoms with Gasteiger partial charge in [-0.15, -0.1) is 0 Å². The molecule has 0 radical (unpaired) electrons. The minimum absolute atomic E-state index is 0.890. The third-order valence-corrected chi connectivity index (χ3v) is 13.2. The van der Waals surface area contributed by atoms with Crippen LogP contribution in [-0.2, 0) is 0 Å². The van der Waals surface area contributed by atoms with Crippen molar-refractivity contribution in [2.45, 2.75) is 0 Å². The summed E-state index contributed by atoms with van der Waals surface area (Å²) in [5.41, 5.74) is 15.4. The van der Waals surface area contributed by atoms with Crippen LogP contribution in [0.4, 0.5) is 17.1 Å². The first-order chi connectivity index (χ1) is 32.2. The smallest absolute Gasteiger partial charge is 0.143 e. The molecule has 0 aliphatic heterocycles. The molecule has 2 heterocycles. The van der Waals surface area contributed by atoms with Crippen molar-refractivity contribution in [1.82, 2.24) is 4.57 Å². The van der Waals surface area contributed by atoms with Crippen LogP contribution < -0.4 is 4.90 Å². The summed E-state index contributed by atoms with van der Waals surface area (Å²) in [4.78, 5) is 2.40. The normalized spacial score (nSPS) is 11.7. The van der Waals surface area contributed by atoms with E-state index < -0.39 is 0 Å². The van der Waals surface area contributed by atoms with Crippen LogP contribution in [0.15, 0.2) is 247 Å². The molecular formula is C62H40N2O. The summed E-state index contributed by atoms with van der Waals surface area (Å²) in [5, 5.41) is 9.67. The van der Waals surface area contributed by atoms with E-state index in [1.165, 1.54) is 54.5 Å². The number of furan rings is 1. The van der Waals surface area contributed by atoms with Crippen LogP contribution in [-0.4, -0.2) is 4.57 Å². The molecule has 0 bridgehead atoms. The van der Waals surface area contributed by atoms with Gasteiger partial charge in [0.15, 0.2) is 0 Å². The Morgan fingerprint density at radius 2 is 0.908 bits per heavy atom. The number of aromatic nitrogens is 1. The lowest BCUT2D eigenvalue weighted by atomic mass is 9.97. The average molecular weight is 829 g/mol. The van der Waals surface area contributed by atoms with Crippen LogP contribution in [0, 0.1) is 0 Å². The Morgan fingerprint density at radius 3 is 1.74 bits per heavy atom. The number of fused-ring (bicyclic) bond motifs is 9. The molecule has 3 heteroatoms. The molecule has 2 aromatic heterocycles. The highest BCUT2D eigenvalue weighted by Crippen LogP contribution is 2.46. The molecule has 0 saturated heterocycles. The van der Waals surface area contributed by atoms with Crippen LogP contribution in [0.3, 0.4) is 0 Å². The second-order valence-corrected chi connectivity index (χ2v) is 16.8. The van der Waals surface area contributed by atoms with Gasteiger partial charge in [0.1, 0.15) is 11.2 Å². The summed E-state index contributed by atoms with van der Waals surface area (Å²) in [5.74, 6) is 0. The molecule has 0 aliphatic carbocycles. The minimum Gasteiger partial charge on any atom is -0.455 e. The Hall–Kier alpha value is -8.66. The molecule has 0 aliphatic rings. The highest BCUT2D eigenvalue weighted by Gasteiger charge is 2.21. The molecular weight excluding hydrogens is 789 g/mol. The van der Waals surface area contributed by atoms with E-state index in [1.807, 2.05) is 6.07 Å². The maximum Gasteiger partial charge on any atom is 0.143 e. The van der Waals surface area contributed by atoms with Crippen molar-refractivity contribution < 1.29 is 4.42 Å². The average Bonchev–Trinajstić information content (AvgIpc) is 3.93. The second kappa shape index (κ2) is 15.0. The minimum atomic E-state index is 0.890. The molecule has 0 unspecified atom stereocenters. The first-order valence-electron chi connectivity index (χ1n) is 22.2. The third kappa shape index (κ3) is 6.05. The fraction of sp³-hybridized carbons (Fsp3) is 0. The van der Waals surface area contributed by atoms with Gasteiger partial charge in [-0.3, -0.25) is 0 Å². The lowest BCUT2D eigenvalue weighted by Gasteiger charge is -2.28. The van der Waals surface area contributed by atoms with Crippen molar-refractivity contribution in [1.29, 1.82) is 0 Å². The van der Waals surface area contributed by atoms with Crippen LogP contribution in [0.25, 0.3) is 104 Å². The topological polar surface area (TPSA) is 21.3 Å². The van der Waals surface area contributed by atoms with Gasteiger partial charge < -0.3 is 13.9 Å². The monoisotopic (exact) mass is 828 g/mol. The van der Waals surface area contributed by atoms with Crippen molar-refractivity contribution in [2.24, 2.45) is 0 Å². The van der Waals surface area contributed by atoms with Gasteiger partial charge in [-0.1, -0.05) is 182 Å². The lowest BCUT2D eigenvalue weighted by Crippen LogP contribution is -2.11. The molecule has 11 aromatic carbocycles. The van der Waals surface area contributed by atoms with Crippen molar-refractivity contribution in [2.75, 3.05) is 4.90 Å². The maximum atomic E-state index is 6.64. The van der Waals surface area contributed by atoms with E-state index in [2.05, 4.69) is 246 Å². The van der Waals surface area contributed by atoms with Gasteiger partial charge in [0.2, 0.25) is 0 Å². The molecule has 65 heavy (non-hydrogen) atoms. The Balaban J connectivity index is 0.941. The lowest BCUT2D eigenvalue weighted by molar-refractivity contribution is 0.670. The molecule has 0 spiro atoms. The maximum absolute atomic E-state index is 6.64. The van der Waals surface area contributed by atoms with E-state index in [1.54, 1.807) is 0 Å². The van der Waals surface area contributed by atoms with E-state index in [0.717, 1.165) is 66.9 Å². The first kappa shape index (κ1) is 36.9. The molecule has 0 amide bonds. The summed E-state index contributed by atoms with van der Waals surface area (Å²) in [6, 6.07) is 87.7. The number of hydrogen-bond acceptors (Lipinski definition) is 2. The zero-order valence-corrected chi connectivity index (χ0v) is 35.4. The molecule has 3 nitrogen and oxygen atoms in total. The van der Waals surface area contributed by atoms with Crippen molar-refractivity contribution in [3.8, 4) is 39.1 Å². The van der Waals surface area contributed by atoms with E-state index in [0.29, 0.717) is 0 Å². The quantitative estimate of drug-likeness (QED) is 0.149. The summed E-state index contributed by atoms with van der Waals surface area (Å²) in [6.45, 7) is 0. The number of rotatable bonds is 7. The number of para-hydroxylation sites is 6. The predicted molar refractivity (Wildman–Crippen MR) is 274 cm³/mol. The SMILES string of the molecule is c1cc(-c2ccc(N(c3ccc4c(ccc5ccccc54)c3)c3ccccc3-c3cccc4c3oc3ccccc34)cc2)cc(-c2ccccc2-n2c3ccccc3c3ccccc32)c1. The van der Waals surface area contributed by atoms with Crippen LogP contribution in [0.5, 0.6) is 0 Å². The number of benzene rings is 11. The van der Waals surface area contributed by atoms with E-state index >= 15 is 0 Å². The van der Waals surface area contributed by atoms with Crippen LogP contribution in [0.2, 0.25) is 0 Å².